The van der Waals surface area contributed by atoms with Crippen molar-refractivity contribution in [2.75, 3.05) is 31.6 Å². The summed E-state index contributed by atoms with van der Waals surface area (Å²) in [7, 11) is -0.918. The highest BCUT2D eigenvalue weighted by molar-refractivity contribution is 7.91. The number of aromatic amines is 1. The SMILES string of the molecule is Cc1ccc(C)c(-c2[nH]ncc2CN2CCN(C)[C@@H]3CS(=O)(=O)C[C@@H]32)c1. The van der Waals surface area contributed by atoms with Crippen LogP contribution in [0.3, 0.4) is 0 Å². The first-order valence-corrected chi connectivity index (χ1v) is 10.9. The molecule has 2 aromatic rings. The van der Waals surface area contributed by atoms with Gasteiger partial charge in [-0.1, -0.05) is 17.7 Å². The van der Waals surface area contributed by atoms with Gasteiger partial charge in [0.2, 0.25) is 0 Å². The Morgan fingerprint density at radius 1 is 1.19 bits per heavy atom. The van der Waals surface area contributed by atoms with Crippen LogP contribution in [0.15, 0.2) is 24.4 Å². The Balaban J connectivity index is 1.63. The molecule has 2 saturated heterocycles. The number of benzene rings is 1. The van der Waals surface area contributed by atoms with Gasteiger partial charge in [-0.05, 0) is 32.5 Å². The third-order valence-electron chi connectivity index (χ3n) is 5.82. The Morgan fingerprint density at radius 3 is 2.77 bits per heavy atom. The molecule has 0 aliphatic carbocycles. The number of aromatic nitrogens is 2. The second kappa shape index (κ2) is 6.48. The first-order chi connectivity index (χ1) is 12.3. The molecule has 0 radical (unpaired) electrons. The number of hydrogen-bond acceptors (Lipinski definition) is 5. The summed E-state index contributed by atoms with van der Waals surface area (Å²) in [4.78, 5) is 4.53. The number of H-pyrrole nitrogens is 1. The number of fused-ring (bicyclic) bond motifs is 1. The van der Waals surface area contributed by atoms with Crippen LogP contribution in [-0.4, -0.2) is 72.1 Å². The van der Waals surface area contributed by atoms with Crippen molar-refractivity contribution in [3.8, 4) is 11.3 Å². The first kappa shape index (κ1) is 17.7. The van der Waals surface area contributed by atoms with E-state index >= 15 is 0 Å². The van der Waals surface area contributed by atoms with Gasteiger partial charge in [0.15, 0.2) is 9.84 Å². The molecule has 6 nitrogen and oxygen atoms in total. The van der Waals surface area contributed by atoms with E-state index in [1.54, 1.807) is 0 Å². The Kier molecular flexibility index (Phi) is 4.41. The molecule has 0 amide bonds. The Labute approximate surface area is 155 Å². The maximum Gasteiger partial charge on any atom is 0.153 e. The maximum atomic E-state index is 12.2. The van der Waals surface area contributed by atoms with Gasteiger partial charge in [0.25, 0.3) is 0 Å². The molecule has 0 bridgehead atoms. The highest BCUT2D eigenvalue weighted by atomic mass is 32.2. The van der Waals surface area contributed by atoms with Crippen LogP contribution in [0.25, 0.3) is 11.3 Å². The lowest BCUT2D eigenvalue weighted by atomic mass is 9.99. The number of sulfone groups is 1. The van der Waals surface area contributed by atoms with Gasteiger partial charge < -0.3 is 0 Å². The average Bonchev–Trinajstić information content (AvgIpc) is 3.16. The van der Waals surface area contributed by atoms with Gasteiger partial charge in [-0.25, -0.2) is 8.42 Å². The van der Waals surface area contributed by atoms with Crippen LogP contribution in [0.4, 0.5) is 0 Å². The van der Waals surface area contributed by atoms with Crippen molar-refractivity contribution in [1.82, 2.24) is 20.0 Å². The smallest absolute Gasteiger partial charge is 0.153 e. The molecular formula is C19H26N4O2S. The minimum absolute atomic E-state index is 0.0695. The van der Waals surface area contributed by atoms with Gasteiger partial charge in [-0.2, -0.15) is 5.10 Å². The van der Waals surface area contributed by atoms with Gasteiger partial charge in [-0.3, -0.25) is 14.9 Å². The second-order valence-corrected chi connectivity index (χ2v) is 9.91. The van der Waals surface area contributed by atoms with Crippen LogP contribution in [-0.2, 0) is 16.4 Å². The largest absolute Gasteiger partial charge is 0.300 e. The van der Waals surface area contributed by atoms with Crippen molar-refractivity contribution < 1.29 is 8.42 Å². The quantitative estimate of drug-likeness (QED) is 0.884. The molecule has 26 heavy (non-hydrogen) atoms. The molecule has 4 rings (SSSR count). The Bertz CT molecular complexity index is 921. The summed E-state index contributed by atoms with van der Waals surface area (Å²) in [6, 6.07) is 6.60. The lowest BCUT2D eigenvalue weighted by Gasteiger charge is -2.42. The van der Waals surface area contributed by atoms with Crippen LogP contribution in [0.1, 0.15) is 16.7 Å². The summed E-state index contributed by atoms with van der Waals surface area (Å²) in [6.45, 7) is 6.70. The molecule has 2 aliphatic rings. The van der Waals surface area contributed by atoms with E-state index < -0.39 is 9.84 Å². The molecule has 0 spiro atoms. The molecule has 3 heterocycles. The highest BCUT2D eigenvalue weighted by Crippen LogP contribution is 2.30. The monoisotopic (exact) mass is 374 g/mol. The molecule has 0 saturated carbocycles. The van der Waals surface area contributed by atoms with E-state index in [4.69, 9.17) is 0 Å². The third-order valence-corrected chi connectivity index (χ3v) is 7.52. The molecule has 140 valence electrons. The van der Waals surface area contributed by atoms with Crippen LogP contribution in [0.5, 0.6) is 0 Å². The summed E-state index contributed by atoms with van der Waals surface area (Å²) in [6.07, 6.45) is 1.88. The number of rotatable bonds is 3. The lowest BCUT2D eigenvalue weighted by molar-refractivity contribution is 0.0574. The van der Waals surface area contributed by atoms with Gasteiger partial charge >= 0.3 is 0 Å². The molecule has 1 aromatic heterocycles. The maximum absolute atomic E-state index is 12.2. The van der Waals surface area contributed by atoms with Gasteiger partial charge in [-0.15, -0.1) is 0 Å². The second-order valence-electron chi connectivity index (χ2n) is 7.75. The zero-order chi connectivity index (χ0) is 18.5. The summed E-state index contributed by atoms with van der Waals surface area (Å²) in [5.74, 6) is 0.540. The van der Waals surface area contributed by atoms with E-state index in [2.05, 4.69) is 52.0 Å². The Morgan fingerprint density at radius 2 is 1.96 bits per heavy atom. The number of hydrogen-bond donors (Lipinski definition) is 1. The molecule has 2 atom stereocenters. The van der Waals surface area contributed by atoms with Crippen molar-refractivity contribution in [3.05, 3.63) is 41.1 Å². The minimum Gasteiger partial charge on any atom is -0.300 e. The standard InChI is InChI=1S/C19H26N4O2S/c1-13-4-5-14(2)16(8-13)19-15(9-20-21-19)10-23-7-6-22(3)17-11-26(24,25)12-18(17)23/h4-5,8-9,17-18H,6-7,10-12H2,1-3H3,(H,20,21)/t17-,18+/m1/s1. The highest BCUT2D eigenvalue weighted by Gasteiger charge is 2.45. The fourth-order valence-corrected chi connectivity index (χ4v) is 6.37. The third kappa shape index (κ3) is 3.19. The summed E-state index contributed by atoms with van der Waals surface area (Å²) < 4.78 is 24.4. The van der Waals surface area contributed by atoms with Crippen molar-refractivity contribution in [1.29, 1.82) is 0 Å². The van der Waals surface area contributed by atoms with E-state index in [0.717, 1.165) is 30.9 Å². The molecular weight excluding hydrogens is 348 g/mol. The first-order valence-electron chi connectivity index (χ1n) is 9.08. The normalized spacial score (nSPS) is 26.1. The van der Waals surface area contributed by atoms with Crippen LogP contribution >= 0.6 is 0 Å². The summed E-state index contributed by atoms with van der Waals surface area (Å²) >= 11 is 0. The molecule has 0 unspecified atom stereocenters. The number of likely N-dealkylation sites (N-methyl/N-ethyl adjacent to an activating group) is 1. The van der Waals surface area contributed by atoms with E-state index in [0.29, 0.717) is 0 Å². The van der Waals surface area contributed by atoms with E-state index in [1.807, 2.05) is 13.2 Å². The van der Waals surface area contributed by atoms with Crippen molar-refractivity contribution in [2.24, 2.45) is 0 Å². The number of nitrogens with one attached hydrogen (secondary N) is 1. The number of aryl methyl sites for hydroxylation is 2. The molecule has 1 aromatic carbocycles. The molecule has 2 fully saturated rings. The van der Waals surface area contributed by atoms with Crippen LogP contribution in [0, 0.1) is 13.8 Å². The number of nitrogens with zero attached hydrogens (tertiary/aromatic N) is 3. The number of piperazine rings is 1. The Hall–Kier alpha value is -1.70. The average molecular weight is 375 g/mol. The predicted octanol–water partition coefficient (Wildman–Crippen LogP) is 1.61. The predicted molar refractivity (Wildman–Crippen MR) is 103 cm³/mol. The van der Waals surface area contributed by atoms with E-state index in [9.17, 15) is 8.42 Å². The zero-order valence-corrected chi connectivity index (χ0v) is 16.4. The molecule has 1 N–H and O–H groups in total. The van der Waals surface area contributed by atoms with Crippen LogP contribution < -0.4 is 0 Å². The molecule has 7 heteroatoms. The van der Waals surface area contributed by atoms with Gasteiger partial charge in [0.1, 0.15) is 0 Å². The lowest BCUT2D eigenvalue weighted by Crippen LogP contribution is -2.57. The van der Waals surface area contributed by atoms with Crippen molar-refractivity contribution in [2.45, 2.75) is 32.5 Å². The minimum atomic E-state index is -2.95. The summed E-state index contributed by atoms with van der Waals surface area (Å²) in [5, 5.41) is 7.44. The van der Waals surface area contributed by atoms with Gasteiger partial charge in [0.05, 0.1) is 23.4 Å². The van der Waals surface area contributed by atoms with Crippen LogP contribution in [0.2, 0.25) is 0 Å². The fraction of sp³-hybridized carbons (Fsp3) is 0.526. The summed E-state index contributed by atoms with van der Waals surface area (Å²) in [5.41, 5.74) is 5.77. The molecule has 2 aliphatic heterocycles. The van der Waals surface area contributed by atoms with Crippen molar-refractivity contribution in [3.63, 3.8) is 0 Å². The fourth-order valence-electron chi connectivity index (χ4n) is 4.28. The van der Waals surface area contributed by atoms with Gasteiger partial charge in [0, 0.05) is 42.8 Å². The van der Waals surface area contributed by atoms with E-state index in [1.165, 1.54) is 16.7 Å². The zero-order valence-electron chi connectivity index (χ0n) is 15.6. The topological polar surface area (TPSA) is 69.3 Å². The van der Waals surface area contributed by atoms with E-state index in [-0.39, 0.29) is 23.6 Å². The van der Waals surface area contributed by atoms with Crippen molar-refractivity contribution >= 4 is 9.84 Å².